The first-order valence-electron chi connectivity index (χ1n) is 5.82. The zero-order valence-corrected chi connectivity index (χ0v) is 9.67. The van der Waals surface area contributed by atoms with Crippen LogP contribution in [0.15, 0.2) is 18.5 Å². The van der Waals surface area contributed by atoms with Gasteiger partial charge in [0.1, 0.15) is 0 Å². The van der Waals surface area contributed by atoms with E-state index in [2.05, 4.69) is 9.88 Å². The average molecular weight is 235 g/mol. The van der Waals surface area contributed by atoms with Crippen molar-refractivity contribution in [2.75, 3.05) is 24.6 Å². The Kier molecular flexibility index (Phi) is 3.58. The fraction of sp³-hybridized carbons (Fsp3) is 0.500. The highest BCUT2D eigenvalue weighted by molar-refractivity contribution is 5.98. The molecule has 0 spiro atoms. The number of primary amides is 1. The van der Waals surface area contributed by atoms with Crippen molar-refractivity contribution < 1.29 is 9.90 Å². The van der Waals surface area contributed by atoms with E-state index >= 15 is 0 Å². The van der Waals surface area contributed by atoms with Gasteiger partial charge in [0.15, 0.2) is 0 Å². The van der Waals surface area contributed by atoms with Gasteiger partial charge in [-0.25, -0.2) is 0 Å². The number of hydrogen-bond donors (Lipinski definition) is 2. The summed E-state index contributed by atoms with van der Waals surface area (Å²) in [6, 6.07) is 1.82. The predicted molar refractivity (Wildman–Crippen MR) is 64.8 cm³/mol. The van der Waals surface area contributed by atoms with Gasteiger partial charge in [0.2, 0.25) is 0 Å². The zero-order valence-electron chi connectivity index (χ0n) is 9.67. The summed E-state index contributed by atoms with van der Waals surface area (Å²) in [5.41, 5.74) is 6.65. The SMILES string of the molecule is NC(=O)c1cnccc1N1CCC(CO)CC1. The van der Waals surface area contributed by atoms with E-state index < -0.39 is 5.91 Å². The van der Waals surface area contributed by atoms with Crippen molar-refractivity contribution in [1.29, 1.82) is 0 Å². The van der Waals surface area contributed by atoms with E-state index in [0.29, 0.717) is 11.5 Å². The maximum Gasteiger partial charge on any atom is 0.252 e. The summed E-state index contributed by atoms with van der Waals surface area (Å²) in [5, 5.41) is 9.09. The molecule has 0 unspecified atom stereocenters. The zero-order chi connectivity index (χ0) is 12.3. The van der Waals surface area contributed by atoms with Gasteiger partial charge in [-0.1, -0.05) is 0 Å². The molecule has 2 heterocycles. The summed E-state index contributed by atoms with van der Waals surface area (Å²) in [7, 11) is 0. The molecule has 1 aliphatic heterocycles. The molecule has 1 aliphatic rings. The number of piperidine rings is 1. The third-order valence-electron chi connectivity index (χ3n) is 3.28. The fourth-order valence-corrected chi connectivity index (χ4v) is 2.21. The molecule has 92 valence electrons. The Morgan fingerprint density at radius 2 is 2.24 bits per heavy atom. The smallest absolute Gasteiger partial charge is 0.252 e. The molecule has 0 aliphatic carbocycles. The maximum atomic E-state index is 11.3. The summed E-state index contributed by atoms with van der Waals surface area (Å²) in [4.78, 5) is 17.4. The molecule has 1 saturated heterocycles. The number of pyridine rings is 1. The number of nitrogens with two attached hydrogens (primary N) is 1. The molecule has 1 aromatic heterocycles. The number of carbonyl (C=O) groups is 1. The Balaban J connectivity index is 2.15. The molecule has 2 rings (SSSR count). The van der Waals surface area contributed by atoms with Gasteiger partial charge in [-0.15, -0.1) is 0 Å². The number of aromatic nitrogens is 1. The van der Waals surface area contributed by atoms with E-state index in [9.17, 15) is 4.79 Å². The van der Waals surface area contributed by atoms with Crippen molar-refractivity contribution in [3.8, 4) is 0 Å². The van der Waals surface area contributed by atoms with Crippen LogP contribution in [-0.2, 0) is 0 Å². The first-order chi connectivity index (χ1) is 8.22. The van der Waals surface area contributed by atoms with Crippen LogP contribution in [0.2, 0.25) is 0 Å². The lowest BCUT2D eigenvalue weighted by atomic mass is 9.97. The molecule has 0 atom stereocenters. The van der Waals surface area contributed by atoms with Gasteiger partial charge in [-0.05, 0) is 24.8 Å². The van der Waals surface area contributed by atoms with Crippen LogP contribution >= 0.6 is 0 Å². The predicted octanol–water partition coefficient (Wildman–Crippen LogP) is 0.389. The highest BCUT2D eigenvalue weighted by atomic mass is 16.3. The van der Waals surface area contributed by atoms with E-state index in [4.69, 9.17) is 10.8 Å². The number of rotatable bonds is 3. The monoisotopic (exact) mass is 235 g/mol. The van der Waals surface area contributed by atoms with Gasteiger partial charge in [-0.2, -0.15) is 0 Å². The molecule has 0 bridgehead atoms. The summed E-state index contributed by atoms with van der Waals surface area (Å²) in [6.07, 6.45) is 5.06. The number of amides is 1. The summed E-state index contributed by atoms with van der Waals surface area (Å²) in [6.45, 7) is 1.93. The van der Waals surface area contributed by atoms with Gasteiger partial charge < -0.3 is 15.7 Å². The van der Waals surface area contributed by atoms with E-state index in [-0.39, 0.29) is 6.61 Å². The van der Waals surface area contributed by atoms with Gasteiger partial charge in [0.25, 0.3) is 5.91 Å². The van der Waals surface area contributed by atoms with Crippen LogP contribution in [0.25, 0.3) is 0 Å². The van der Waals surface area contributed by atoms with E-state index in [1.807, 2.05) is 6.07 Å². The van der Waals surface area contributed by atoms with Crippen LogP contribution in [0, 0.1) is 5.92 Å². The first kappa shape index (κ1) is 11.9. The number of anilines is 1. The topological polar surface area (TPSA) is 79.5 Å². The van der Waals surface area contributed by atoms with E-state index in [0.717, 1.165) is 31.6 Å². The third-order valence-corrected chi connectivity index (χ3v) is 3.28. The van der Waals surface area contributed by atoms with Crippen LogP contribution in [-0.4, -0.2) is 35.7 Å². The number of aliphatic hydroxyl groups is 1. The molecule has 1 aromatic rings. The molecule has 3 N–H and O–H groups in total. The highest BCUT2D eigenvalue weighted by Gasteiger charge is 2.21. The molecule has 5 nitrogen and oxygen atoms in total. The van der Waals surface area contributed by atoms with Crippen molar-refractivity contribution >= 4 is 11.6 Å². The lowest BCUT2D eigenvalue weighted by Gasteiger charge is -2.33. The second-order valence-electron chi connectivity index (χ2n) is 4.37. The molecule has 0 saturated carbocycles. The van der Waals surface area contributed by atoms with Crippen molar-refractivity contribution in [1.82, 2.24) is 4.98 Å². The average Bonchev–Trinajstić information content (AvgIpc) is 2.39. The van der Waals surface area contributed by atoms with Crippen LogP contribution in [0.1, 0.15) is 23.2 Å². The summed E-state index contributed by atoms with van der Waals surface area (Å²) >= 11 is 0. The van der Waals surface area contributed by atoms with Gasteiger partial charge in [-0.3, -0.25) is 9.78 Å². The van der Waals surface area contributed by atoms with E-state index in [1.165, 1.54) is 6.20 Å². The molecular formula is C12H17N3O2. The fourth-order valence-electron chi connectivity index (χ4n) is 2.21. The number of hydrogen-bond acceptors (Lipinski definition) is 4. The second kappa shape index (κ2) is 5.14. The van der Waals surface area contributed by atoms with Crippen molar-refractivity contribution in [3.63, 3.8) is 0 Å². The quantitative estimate of drug-likeness (QED) is 0.794. The molecule has 1 fully saturated rings. The molecule has 1 amide bonds. The van der Waals surface area contributed by atoms with Crippen LogP contribution in [0.5, 0.6) is 0 Å². The Bertz CT molecular complexity index is 400. The Morgan fingerprint density at radius 3 is 2.82 bits per heavy atom. The first-order valence-corrected chi connectivity index (χ1v) is 5.82. The molecule has 0 aromatic carbocycles. The minimum absolute atomic E-state index is 0.243. The molecule has 17 heavy (non-hydrogen) atoms. The summed E-state index contributed by atoms with van der Waals surface area (Å²) in [5.74, 6) is -0.0671. The molecular weight excluding hydrogens is 218 g/mol. The van der Waals surface area contributed by atoms with Crippen molar-refractivity contribution in [2.24, 2.45) is 11.7 Å². The molecule has 0 radical (unpaired) electrons. The number of aliphatic hydroxyl groups excluding tert-OH is 1. The number of nitrogens with zero attached hydrogens (tertiary/aromatic N) is 2. The van der Waals surface area contributed by atoms with Crippen LogP contribution in [0.4, 0.5) is 5.69 Å². The second-order valence-corrected chi connectivity index (χ2v) is 4.37. The minimum Gasteiger partial charge on any atom is -0.396 e. The molecule has 5 heteroatoms. The number of carbonyl (C=O) groups excluding carboxylic acids is 1. The van der Waals surface area contributed by atoms with Gasteiger partial charge in [0.05, 0.1) is 11.3 Å². The Labute approximate surface area is 100 Å². The van der Waals surface area contributed by atoms with Crippen LogP contribution in [0.3, 0.4) is 0 Å². The Morgan fingerprint density at radius 1 is 1.53 bits per heavy atom. The standard InChI is InChI=1S/C12H17N3O2/c13-12(17)10-7-14-4-1-11(10)15-5-2-9(8-16)3-6-15/h1,4,7,9,16H,2-3,5-6,8H2,(H2,13,17). The lowest BCUT2D eigenvalue weighted by molar-refractivity contribution is 0.1000. The lowest BCUT2D eigenvalue weighted by Crippen LogP contribution is -2.36. The van der Waals surface area contributed by atoms with Crippen molar-refractivity contribution in [2.45, 2.75) is 12.8 Å². The highest BCUT2D eigenvalue weighted by Crippen LogP contribution is 2.25. The normalized spacial score (nSPS) is 17.1. The maximum absolute atomic E-state index is 11.3. The van der Waals surface area contributed by atoms with E-state index in [1.54, 1.807) is 6.20 Å². The minimum atomic E-state index is -0.447. The van der Waals surface area contributed by atoms with Crippen LogP contribution < -0.4 is 10.6 Å². The van der Waals surface area contributed by atoms with Crippen molar-refractivity contribution in [3.05, 3.63) is 24.0 Å². The summed E-state index contributed by atoms with van der Waals surface area (Å²) < 4.78 is 0. The largest absolute Gasteiger partial charge is 0.396 e. The third kappa shape index (κ3) is 2.55. The van der Waals surface area contributed by atoms with Gasteiger partial charge in [0, 0.05) is 32.1 Å². The Hall–Kier alpha value is -1.62. The van der Waals surface area contributed by atoms with Gasteiger partial charge >= 0.3 is 0 Å².